The number of amides is 1. The van der Waals surface area contributed by atoms with Crippen LogP contribution in [0.1, 0.15) is 12.0 Å². The van der Waals surface area contributed by atoms with Crippen LogP contribution in [0, 0.1) is 0 Å². The van der Waals surface area contributed by atoms with Gasteiger partial charge in [-0.2, -0.15) is 5.10 Å². The number of ether oxygens (including phenoxy) is 1. The zero-order valence-electron chi connectivity index (χ0n) is 18.5. The van der Waals surface area contributed by atoms with Crippen LogP contribution < -0.4 is 16.0 Å². The summed E-state index contributed by atoms with van der Waals surface area (Å²) in [5.41, 5.74) is 1.80. The maximum Gasteiger partial charge on any atom is 0.246 e. The molecule has 0 saturated heterocycles. The minimum absolute atomic E-state index is 0. The van der Waals surface area contributed by atoms with E-state index in [1.54, 1.807) is 37.3 Å². The molecule has 0 spiro atoms. The van der Waals surface area contributed by atoms with Gasteiger partial charge < -0.3 is 25.6 Å². The average molecular weight is 543 g/mol. The highest BCUT2D eigenvalue weighted by molar-refractivity contribution is 14.0. The van der Waals surface area contributed by atoms with Gasteiger partial charge in [0.05, 0.1) is 0 Å². The number of methoxy groups -OCH3 is 1. The summed E-state index contributed by atoms with van der Waals surface area (Å²) >= 11 is 0. The smallest absolute Gasteiger partial charge is 0.246 e. The Morgan fingerprint density at radius 3 is 2.81 bits per heavy atom. The lowest BCUT2D eigenvalue weighted by Gasteiger charge is -2.18. The summed E-state index contributed by atoms with van der Waals surface area (Å²) in [4.78, 5) is 18.7. The van der Waals surface area contributed by atoms with Crippen molar-refractivity contribution in [2.45, 2.75) is 19.5 Å². The molecule has 0 saturated carbocycles. The van der Waals surface area contributed by atoms with Gasteiger partial charge >= 0.3 is 0 Å². The lowest BCUT2D eigenvalue weighted by atomic mass is 10.2. The molecular formula is C21H34IN7O2. The van der Waals surface area contributed by atoms with Crippen LogP contribution in [0.3, 0.4) is 0 Å². The van der Waals surface area contributed by atoms with Gasteiger partial charge in [-0.3, -0.25) is 14.5 Å². The number of anilines is 1. The number of halogens is 1. The van der Waals surface area contributed by atoms with Crippen molar-refractivity contribution in [3.05, 3.63) is 48.3 Å². The summed E-state index contributed by atoms with van der Waals surface area (Å²) in [6.45, 7) is 4.29. The van der Waals surface area contributed by atoms with E-state index >= 15 is 0 Å². The van der Waals surface area contributed by atoms with Crippen molar-refractivity contribution in [1.82, 2.24) is 25.3 Å². The number of guanidine groups is 1. The number of aromatic nitrogens is 2. The third kappa shape index (κ3) is 11.1. The summed E-state index contributed by atoms with van der Waals surface area (Å²) in [7, 11) is 5.57. The first-order valence-electron chi connectivity index (χ1n) is 10.1. The van der Waals surface area contributed by atoms with Crippen LogP contribution in [0.25, 0.3) is 0 Å². The molecule has 2 rings (SSSR count). The molecule has 0 bridgehead atoms. The molecule has 0 aliphatic heterocycles. The maximum atomic E-state index is 12.1. The van der Waals surface area contributed by atoms with Gasteiger partial charge in [0.25, 0.3) is 0 Å². The topological polar surface area (TPSA) is 95.8 Å². The van der Waals surface area contributed by atoms with Crippen molar-refractivity contribution < 1.29 is 9.53 Å². The molecule has 0 radical (unpaired) electrons. The molecule has 0 fully saturated rings. The molecule has 172 valence electrons. The Bertz CT molecular complexity index is 784. The van der Waals surface area contributed by atoms with E-state index in [9.17, 15) is 4.79 Å². The second kappa shape index (κ2) is 15.6. The van der Waals surface area contributed by atoms with E-state index < -0.39 is 0 Å². The highest BCUT2D eigenvalue weighted by atomic mass is 127. The molecule has 1 aromatic carbocycles. The van der Waals surface area contributed by atoms with E-state index in [4.69, 9.17) is 4.74 Å². The first-order valence-corrected chi connectivity index (χ1v) is 10.1. The molecule has 0 atom stereocenters. The number of benzene rings is 1. The van der Waals surface area contributed by atoms with Gasteiger partial charge in [0.1, 0.15) is 6.54 Å². The van der Waals surface area contributed by atoms with E-state index in [0.717, 1.165) is 49.9 Å². The van der Waals surface area contributed by atoms with Crippen LogP contribution in [0.5, 0.6) is 0 Å². The molecule has 0 aliphatic rings. The highest BCUT2D eigenvalue weighted by Crippen LogP contribution is 2.10. The number of carbonyl (C=O) groups is 1. The van der Waals surface area contributed by atoms with E-state index in [0.29, 0.717) is 6.54 Å². The lowest BCUT2D eigenvalue weighted by molar-refractivity contribution is -0.116. The van der Waals surface area contributed by atoms with Gasteiger partial charge in [-0.05, 0) is 37.2 Å². The Kier molecular flexibility index (Phi) is 13.5. The molecule has 10 heteroatoms. The van der Waals surface area contributed by atoms with Crippen LogP contribution >= 0.6 is 24.0 Å². The Hall–Kier alpha value is -2.18. The molecule has 1 amide bonds. The largest absolute Gasteiger partial charge is 0.385 e. The molecule has 1 aromatic heterocycles. The number of likely N-dealkylation sites (N-methyl/N-ethyl adjacent to an activating group) is 1. The number of nitrogens with one attached hydrogen (secondary N) is 3. The van der Waals surface area contributed by atoms with Crippen molar-refractivity contribution in [3.63, 3.8) is 0 Å². The minimum Gasteiger partial charge on any atom is -0.385 e. The summed E-state index contributed by atoms with van der Waals surface area (Å²) in [5, 5.41) is 13.6. The summed E-state index contributed by atoms with van der Waals surface area (Å²) in [6, 6.07) is 9.54. The molecule has 0 unspecified atom stereocenters. The van der Waals surface area contributed by atoms with E-state index in [2.05, 4.69) is 38.0 Å². The number of carbonyl (C=O) groups excluding carboxylic acids is 1. The zero-order valence-corrected chi connectivity index (χ0v) is 20.8. The van der Waals surface area contributed by atoms with Crippen LogP contribution in [0.4, 0.5) is 5.69 Å². The fraction of sp³-hybridized carbons (Fsp3) is 0.476. The molecule has 1 heterocycles. The Morgan fingerprint density at radius 1 is 1.26 bits per heavy atom. The standard InChI is InChI=1S/C21H33N7O2.HI/c1-22-21(23-10-13-27(2)11-6-14-30-3)24-16-18-7-4-8-19(15-18)26-20(29)17-28-12-5-9-25-28;/h4-5,7-9,12,15H,6,10-11,13-14,16-17H2,1-3H3,(H,26,29)(H2,22,23,24);1H. The SMILES string of the molecule is CN=C(NCCN(C)CCCOC)NCc1cccc(NC(=O)Cn2cccn2)c1.I. The van der Waals surface area contributed by atoms with Crippen molar-refractivity contribution in [3.8, 4) is 0 Å². The van der Waals surface area contributed by atoms with Gasteiger partial charge in [0.2, 0.25) is 5.91 Å². The van der Waals surface area contributed by atoms with Crippen LogP contribution in [0.2, 0.25) is 0 Å². The molecular weight excluding hydrogens is 509 g/mol. The van der Waals surface area contributed by atoms with Crippen molar-refractivity contribution >= 4 is 41.5 Å². The van der Waals surface area contributed by atoms with Crippen molar-refractivity contribution in [2.75, 3.05) is 52.8 Å². The molecule has 0 aliphatic carbocycles. The van der Waals surface area contributed by atoms with E-state index in [1.807, 2.05) is 24.3 Å². The average Bonchev–Trinajstić information content (AvgIpc) is 3.24. The molecule has 9 nitrogen and oxygen atoms in total. The minimum atomic E-state index is -0.115. The fourth-order valence-electron chi connectivity index (χ4n) is 2.86. The fourth-order valence-corrected chi connectivity index (χ4v) is 2.86. The predicted octanol–water partition coefficient (Wildman–Crippen LogP) is 1.77. The molecule has 2 aromatic rings. The third-order valence-corrected chi connectivity index (χ3v) is 4.43. The predicted molar refractivity (Wildman–Crippen MR) is 135 cm³/mol. The van der Waals surface area contributed by atoms with E-state index in [1.165, 1.54) is 0 Å². The van der Waals surface area contributed by atoms with Crippen LogP contribution in [-0.2, 0) is 22.6 Å². The maximum absolute atomic E-state index is 12.1. The highest BCUT2D eigenvalue weighted by Gasteiger charge is 2.05. The Balaban J connectivity index is 0.00000480. The van der Waals surface area contributed by atoms with Gasteiger partial charge in [-0.15, -0.1) is 24.0 Å². The quantitative estimate of drug-likeness (QED) is 0.164. The van der Waals surface area contributed by atoms with Crippen LogP contribution in [-0.4, -0.2) is 74.0 Å². The zero-order chi connectivity index (χ0) is 21.6. The molecule has 31 heavy (non-hydrogen) atoms. The normalized spacial score (nSPS) is 11.2. The van der Waals surface area contributed by atoms with E-state index in [-0.39, 0.29) is 36.4 Å². The number of rotatable bonds is 12. The van der Waals surface area contributed by atoms with Crippen molar-refractivity contribution in [2.24, 2.45) is 4.99 Å². The van der Waals surface area contributed by atoms with Gasteiger partial charge in [-0.1, -0.05) is 12.1 Å². The lowest BCUT2D eigenvalue weighted by Crippen LogP contribution is -2.40. The first-order chi connectivity index (χ1) is 14.6. The van der Waals surface area contributed by atoms with Gasteiger partial charge in [0, 0.05) is 65.0 Å². The van der Waals surface area contributed by atoms with Gasteiger partial charge in [-0.25, -0.2) is 0 Å². The molecule has 3 N–H and O–H groups in total. The number of aliphatic imine (C=N–C) groups is 1. The Labute approximate surface area is 201 Å². The van der Waals surface area contributed by atoms with Gasteiger partial charge in [0.15, 0.2) is 5.96 Å². The second-order valence-corrected chi connectivity index (χ2v) is 6.95. The summed E-state index contributed by atoms with van der Waals surface area (Å²) in [5.74, 6) is 0.629. The number of hydrogen-bond donors (Lipinski definition) is 3. The summed E-state index contributed by atoms with van der Waals surface area (Å²) < 4.78 is 6.67. The van der Waals surface area contributed by atoms with Crippen LogP contribution in [0.15, 0.2) is 47.7 Å². The monoisotopic (exact) mass is 543 g/mol. The Morgan fingerprint density at radius 2 is 2.10 bits per heavy atom. The first kappa shape index (κ1) is 26.9. The van der Waals surface area contributed by atoms with Crippen molar-refractivity contribution in [1.29, 1.82) is 0 Å². The second-order valence-electron chi connectivity index (χ2n) is 6.95. The number of nitrogens with zero attached hydrogens (tertiary/aromatic N) is 4. The third-order valence-electron chi connectivity index (χ3n) is 4.43. The summed E-state index contributed by atoms with van der Waals surface area (Å²) in [6.07, 6.45) is 4.44. The number of hydrogen-bond acceptors (Lipinski definition) is 5.